The smallest absolute Gasteiger partial charge is 0.225 e. The molecule has 1 saturated carbocycles. The van der Waals surface area contributed by atoms with Crippen molar-refractivity contribution in [2.24, 2.45) is 0 Å². The molecule has 18 heavy (non-hydrogen) atoms. The van der Waals surface area contributed by atoms with E-state index in [-0.39, 0.29) is 0 Å². The van der Waals surface area contributed by atoms with E-state index in [1.165, 1.54) is 25.7 Å². The first-order valence-electron chi connectivity index (χ1n) is 6.73. The van der Waals surface area contributed by atoms with Crippen LogP contribution in [0.1, 0.15) is 25.7 Å². The zero-order valence-electron chi connectivity index (χ0n) is 10.8. The zero-order chi connectivity index (χ0) is 12.4. The Morgan fingerprint density at radius 3 is 2.67 bits per heavy atom. The number of nitrogens with zero attached hydrogens (tertiary/aromatic N) is 3. The molecule has 3 rings (SSSR count). The molecule has 1 N–H and O–H groups in total. The molecule has 0 amide bonds. The lowest BCUT2D eigenvalue weighted by Crippen LogP contribution is -2.39. The van der Waals surface area contributed by atoms with Crippen molar-refractivity contribution in [1.29, 1.82) is 0 Å². The van der Waals surface area contributed by atoms with Gasteiger partial charge in [0.15, 0.2) is 5.75 Å². The number of anilines is 1. The fourth-order valence-electron chi connectivity index (χ4n) is 2.49. The Morgan fingerprint density at radius 2 is 2.11 bits per heavy atom. The van der Waals surface area contributed by atoms with E-state index in [0.717, 1.165) is 19.0 Å². The third-order valence-electron chi connectivity index (χ3n) is 3.67. The second-order valence-electron chi connectivity index (χ2n) is 5.10. The van der Waals surface area contributed by atoms with Gasteiger partial charge in [0.1, 0.15) is 0 Å². The van der Waals surface area contributed by atoms with Gasteiger partial charge in [-0.25, -0.2) is 9.97 Å². The summed E-state index contributed by atoms with van der Waals surface area (Å²) >= 11 is 0. The first-order valence-corrected chi connectivity index (χ1v) is 6.73. The molecule has 2 fully saturated rings. The number of hydrogen-bond acceptors (Lipinski definition) is 5. The summed E-state index contributed by atoms with van der Waals surface area (Å²) in [5.74, 6) is 1.56. The number of methoxy groups -OCH3 is 1. The summed E-state index contributed by atoms with van der Waals surface area (Å²) in [6.45, 7) is 2.17. The van der Waals surface area contributed by atoms with Crippen molar-refractivity contribution < 1.29 is 4.74 Å². The number of nitrogens with one attached hydrogen (secondary N) is 1. The lowest BCUT2D eigenvalue weighted by Gasteiger charge is -2.25. The van der Waals surface area contributed by atoms with Gasteiger partial charge in [-0.1, -0.05) is 0 Å². The fraction of sp³-hybridized carbons (Fsp3) is 0.692. The normalized spacial score (nSPS) is 23.1. The fourth-order valence-corrected chi connectivity index (χ4v) is 2.49. The minimum Gasteiger partial charge on any atom is -0.494 e. The number of rotatable bonds is 5. The third-order valence-corrected chi connectivity index (χ3v) is 3.67. The molecule has 98 valence electrons. The van der Waals surface area contributed by atoms with Gasteiger partial charge in [-0.2, -0.15) is 0 Å². The first kappa shape index (κ1) is 11.7. The number of aromatic nitrogens is 2. The average Bonchev–Trinajstić information content (AvgIpc) is 3.13. The van der Waals surface area contributed by atoms with Crippen LogP contribution in [0.25, 0.3) is 0 Å². The van der Waals surface area contributed by atoms with E-state index < -0.39 is 0 Å². The van der Waals surface area contributed by atoms with Gasteiger partial charge in [0, 0.05) is 18.6 Å². The molecule has 1 unspecified atom stereocenters. The van der Waals surface area contributed by atoms with Crippen molar-refractivity contribution in [2.75, 3.05) is 25.1 Å². The number of ether oxygens (including phenoxy) is 1. The highest BCUT2D eigenvalue weighted by Gasteiger charge is 2.32. The summed E-state index contributed by atoms with van der Waals surface area (Å²) < 4.78 is 5.10. The molecule has 1 aliphatic carbocycles. The summed E-state index contributed by atoms with van der Waals surface area (Å²) in [5, 5.41) is 3.54. The zero-order valence-corrected chi connectivity index (χ0v) is 10.8. The van der Waals surface area contributed by atoms with Crippen LogP contribution in [-0.4, -0.2) is 42.3 Å². The molecule has 0 aromatic carbocycles. The molecule has 5 nitrogen and oxygen atoms in total. The summed E-state index contributed by atoms with van der Waals surface area (Å²) in [6.07, 6.45) is 8.58. The van der Waals surface area contributed by atoms with Gasteiger partial charge in [0.05, 0.1) is 19.5 Å². The second-order valence-corrected chi connectivity index (χ2v) is 5.10. The SMILES string of the molecule is COc1cnc(N(CC2CCCN2)C2CC2)nc1. The van der Waals surface area contributed by atoms with Crippen molar-refractivity contribution in [3.05, 3.63) is 12.4 Å². The van der Waals surface area contributed by atoms with Crippen LogP contribution in [0.15, 0.2) is 12.4 Å². The monoisotopic (exact) mass is 248 g/mol. The predicted octanol–water partition coefficient (Wildman–Crippen LogP) is 1.21. The summed E-state index contributed by atoms with van der Waals surface area (Å²) in [6, 6.07) is 1.23. The maximum atomic E-state index is 5.10. The highest BCUT2D eigenvalue weighted by Crippen LogP contribution is 2.30. The van der Waals surface area contributed by atoms with Crippen LogP contribution >= 0.6 is 0 Å². The van der Waals surface area contributed by atoms with Gasteiger partial charge in [-0.15, -0.1) is 0 Å². The topological polar surface area (TPSA) is 50.3 Å². The van der Waals surface area contributed by atoms with Gasteiger partial charge < -0.3 is 15.0 Å². The van der Waals surface area contributed by atoms with Gasteiger partial charge in [0.25, 0.3) is 0 Å². The highest BCUT2D eigenvalue weighted by molar-refractivity contribution is 5.35. The third kappa shape index (κ3) is 2.56. The van der Waals surface area contributed by atoms with Crippen molar-refractivity contribution in [1.82, 2.24) is 15.3 Å². The van der Waals surface area contributed by atoms with Gasteiger partial charge in [-0.05, 0) is 32.2 Å². The van der Waals surface area contributed by atoms with Crippen LogP contribution in [0.4, 0.5) is 5.95 Å². The Balaban J connectivity index is 1.71. The molecule has 1 aromatic rings. The van der Waals surface area contributed by atoms with Crippen LogP contribution in [0.3, 0.4) is 0 Å². The first-order chi connectivity index (χ1) is 8.86. The van der Waals surface area contributed by atoms with E-state index >= 15 is 0 Å². The van der Waals surface area contributed by atoms with E-state index in [0.29, 0.717) is 17.8 Å². The number of hydrogen-bond donors (Lipinski definition) is 1. The van der Waals surface area contributed by atoms with Crippen LogP contribution in [0, 0.1) is 0 Å². The van der Waals surface area contributed by atoms with Gasteiger partial charge >= 0.3 is 0 Å². The Morgan fingerprint density at radius 1 is 1.33 bits per heavy atom. The molecule has 1 saturated heterocycles. The largest absolute Gasteiger partial charge is 0.494 e. The van der Waals surface area contributed by atoms with Gasteiger partial charge in [-0.3, -0.25) is 0 Å². The summed E-state index contributed by atoms with van der Waals surface area (Å²) in [4.78, 5) is 11.2. The minimum atomic E-state index is 0.594. The van der Waals surface area contributed by atoms with Crippen LogP contribution in [0.2, 0.25) is 0 Å². The molecule has 1 aliphatic heterocycles. The Kier molecular flexibility index (Phi) is 3.32. The van der Waals surface area contributed by atoms with Crippen molar-refractivity contribution in [2.45, 2.75) is 37.8 Å². The van der Waals surface area contributed by atoms with Crippen LogP contribution in [0.5, 0.6) is 5.75 Å². The van der Waals surface area contributed by atoms with E-state index in [4.69, 9.17) is 4.74 Å². The lowest BCUT2D eigenvalue weighted by atomic mass is 10.2. The van der Waals surface area contributed by atoms with Crippen LogP contribution in [-0.2, 0) is 0 Å². The van der Waals surface area contributed by atoms with Gasteiger partial charge in [0.2, 0.25) is 5.95 Å². The lowest BCUT2D eigenvalue weighted by molar-refractivity contribution is 0.410. The van der Waals surface area contributed by atoms with Crippen molar-refractivity contribution in [3.8, 4) is 5.75 Å². The summed E-state index contributed by atoms with van der Waals surface area (Å²) in [5.41, 5.74) is 0. The molecular formula is C13H20N4O. The maximum absolute atomic E-state index is 5.10. The van der Waals surface area contributed by atoms with E-state index in [1.54, 1.807) is 19.5 Å². The van der Waals surface area contributed by atoms with Crippen molar-refractivity contribution >= 4 is 5.95 Å². The molecule has 0 bridgehead atoms. The molecule has 0 spiro atoms. The molecule has 5 heteroatoms. The second kappa shape index (κ2) is 5.10. The van der Waals surface area contributed by atoms with E-state index in [1.807, 2.05) is 0 Å². The average molecular weight is 248 g/mol. The van der Waals surface area contributed by atoms with Crippen LogP contribution < -0.4 is 15.0 Å². The van der Waals surface area contributed by atoms with E-state index in [2.05, 4.69) is 20.2 Å². The highest BCUT2D eigenvalue weighted by atomic mass is 16.5. The Labute approximate surface area is 108 Å². The van der Waals surface area contributed by atoms with E-state index in [9.17, 15) is 0 Å². The quantitative estimate of drug-likeness (QED) is 0.848. The standard InChI is InChI=1S/C13H20N4O/c1-18-12-7-15-13(16-8-12)17(11-4-5-11)9-10-3-2-6-14-10/h7-8,10-11,14H,2-6,9H2,1H3. The Bertz CT molecular complexity index is 384. The Hall–Kier alpha value is -1.36. The maximum Gasteiger partial charge on any atom is 0.225 e. The van der Waals surface area contributed by atoms with Crippen molar-refractivity contribution in [3.63, 3.8) is 0 Å². The molecule has 1 aromatic heterocycles. The molecule has 2 heterocycles. The molecule has 1 atom stereocenters. The molecular weight excluding hydrogens is 228 g/mol. The summed E-state index contributed by atoms with van der Waals surface area (Å²) in [7, 11) is 1.64. The predicted molar refractivity (Wildman–Crippen MR) is 70.0 cm³/mol. The molecule has 2 aliphatic rings. The molecule has 0 radical (unpaired) electrons. The minimum absolute atomic E-state index is 0.594.